The van der Waals surface area contributed by atoms with Gasteiger partial charge in [0, 0.05) is 10.7 Å². The largest absolute Gasteiger partial charge is 0.378 e. The van der Waals surface area contributed by atoms with E-state index in [0.717, 1.165) is 11.3 Å². The van der Waals surface area contributed by atoms with Gasteiger partial charge in [-0.3, -0.25) is 4.79 Å². The second kappa shape index (κ2) is 7.08. The zero-order chi connectivity index (χ0) is 14.4. The van der Waals surface area contributed by atoms with Gasteiger partial charge in [-0.25, -0.2) is 0 Å². The van der Waals surface area contributed by atoms with Crippen LogP contribution >= 0.6 is 11.6 Å². The Morgan fingerprint density at radius 2 is 1.75 bits per heavy atom. The van der Waals surface area contributed by atoms with Gasteiger partial charge >= 0.3 is 0 Å². The van der Waals surface area contributed by atoms with Crippen LogP contribution in [0.15, 0.2) is 54.6 Å². The Kier molecular flexibility index (Phi) is 5.16. The molecule has 2 rings (SSSR count). The summed E-state index contributed by atoms with van der Waals surface area (Å²) < 4.78 is 0. The van der Waals surface area contributed by atoms with Gasteiger partial charge in [0.1, 0.15) is 0 Å². The van der Waals surface area contributed by atoms with Crippen molar-refractivity contribution in [2.75, 3.05) is 11.9 Å². The number of rotatable bonds is 6. The van der Waals surface area contributed by atoms with Crippen LogP contribution in [0.4, 0.5) is 5.69 Å². The third kappa shape index (κ3) is 4.37. The molecule has 0 amide bonds. The summed E-state index contributed by atoms with van der Waals surface area (Å²) in [6.07, 6.45) is 0.520. The number of carbonyl (C=O) groups excluding carboxylic acids is 1. The third-order valence-electron chi connectivity index (χ3n) is 3.02. The van der Waals surface area contributed by atoms with Gasteiger partial charge in [0.15, 0.2) is 5.78 Å². The summed E-state index contributed by atoms with van der Waals surface area (Å²) >= 11 is 5.82. The molecule has 3 N–H and O–H groups in total. The predicted octanol–water partition coefficient (Wildman–Crippen LogP) is 2.89. The summed E-state index contributed by atoms with van der Waals surface area (Å²) in [4.78, 5) is 12.0. The van der Waals surface area contributed by atoms with Crippen LogP contribution in [0.3, 0.4) is 0 Å². The smallest absolute Gasteiger partial charge is 0.168 e. The molecule has 0 heterocycles. The topological polar surface area (TPSA) is 55.1 Å². The van der Waals surface area contributed by atoms with Crippen LogP contribution < -0.4 is 11.1 Å². The highest BCUT2D eigenvalue weighted by atomic mass is 35.5. The van der Waals surface area contributed by atoms with E-state index >= 15 is 0 Å². The number of carbonyl (C=O) groups is 1. The van der Waals surface area contributed by atoms with Gasteiger partial charge in [-0.15, -0.1) is 0 Å². The SMILES string of the molecule is NC(Cc1ccc(Cl)cc1)C(=O)CNc1ccccc1. The second-order valence-electron chi connectivity index (χ2n) is 4.62. The first-order valence-electron chi connectivity index (χ1n) is 6.47. The fraction of sp³-hybridized carbons (Fsp3) is 0.188. The molecule has 0 spiro atoms. The molecule has 4 heteroatoms. The van der Waals surface area contributed by atoms with Crippen molar-refractivity contribution in [3.05, 3.63) is 65.2 Å². The average Bonchev–Trinajstić information content (AvgIpc) is 2.48. The molecule has 0 fully saturated rings. The van der Waals surface area contributed by atoms with E-state index in [9.17, 15) is 4.79 Å². The molecule has 2 aromatic rings. The Balaban J connectivity index is 1.84. The highest BCUT2D eigenvalue weighted by molar-refractivity contribution is 6.30. The lowest BCUT2D eigenvalue weighted by Crippen LogP contribution is -2.36. The molecular weight excluding hydrogens is 272 g/mol. The molecule has 0 radical (unpaired) electrons. The molecule has 3 nitrogen and oxygen atoms in total. The Labute approximate surface area is 123 Å². The van der Waals surface area contributed by atoms with Crippen molar-refractivity contribution in [1.82, 2.24) is 0 Å². The molecule has 0 aliphatic carbocycles. The molecule has 1 atom stereocenters. The summed E-state index contributed by atoms with van der Waals surface area (Å²) in [6, 6.07) is 16.5. The van der Waals surface area contributed by atoms with E-state index in [0.29, 0.717) is 11.4 Å². The van der Waals surface area contributed by atoms with E-state index in [1.807, 2.05) is 42.5 Å². The average molecular weight is 289 g/mol. The first kappa shape index (κ1) is 14.6. The van der Waals surface area contributed by atoms with Gasteiger partial charge in [0.05, 0.1) is 12.6 Å². The lowest BCUT2D eigenvalue weighted by molar-refractivity contribution is -0.118. The van der Waals surface area contributed by atoms with Gasteiger partial charge in [-0.2, -0.15) is 0 Å². The van der Waals surface area contributed by atoms with Crippen LogP contribution in [-0.2, 0) is 11.2 Å². The van der Waals surface area contributed by atoms with Gasteiger partial charge in [0.2, 0.25) is 0 Å². The number of para-hydroxylation sites is 1. The van der Waals surface area contributed by atoms with Crippen molar-refractivity contribution in [1.29, 1.82) is 0 Å². The maximum absolute atomic E-state index is 12.0. The second-order valence-corrected chi connectivity index (χ2v) is 5.06. The third-order valence-corrected chi connectivity index (χ3v) is 3.27. The predicted molar refractivity (Wildman–Crippen MR) is 83.1 cm³/mol. The van der Waals surface area contributed by atoms with E-state index in [2.05, 4.69) is 5.32 Å². The number of nitrogens with two attached hydrogens (primary N) is 1. The Bertz CT molecular complexity index is 554. The van der Waals surface area contributed by atoms with E-state index in [-0.39, 0.29) is 12.3 Å². The molecule has 0 saturated carbocycles. The summed E-state index contributed by atoms with van der Waals surface area (Å²) in [5.41, 5.74) is 7.85. The lowest BCUT2D eigenvalue weighted by atomic mass is 10.0. The summed E-state index contributed by atoms with van der Waals surface area (Å²) in [7, 11) is 0. The summed E-state index contributed by atoms with van der Waals surface area (Å²) in [5, 5.41) is 3.75. The van der Waals surface area contributed by atoms with Crippen molar-refractivity contribution in [3.8, 4) is 0 Å². The maximum atomic E-state index is 12.0. The first-order chi connectivity index (χ1) is 9.65. The van der Waals surface area contributed by atoms with Crippen LogP contribution in [-0.4, -0.2) is 18.4 Å². The number of halogens is 1. The fourth-order valence-electron chi connectivity index (χ4n) is 1.86. The van der Waals surface area contributed by atoms with Gasteiger partial charge in [0.25, 0.3) is 0 Å². The molecule has 1 unspecified atom stereocenters. The quantitative estimate of drug-likeness (QED) is 0.859. The molecule has 0 aromatic heterocycles. The zero-order valence-corrected chi connectivity index (χ0v) is 11.8. The van der Waals surface area contributed by atoms with Crippen LogP contribution in [0.25, 0.3) is 0 Å². The van der Waals surface area contributed by atoms with E-state index in [1.165, 1.54) is 0 Å². The molecule has 20 heavy (non-hydrogen) atoms. The molecule has 0 bridgehead atoms. The summed E-state index contributed by atoms with van der Waals surface area (Å²) in [6.45, 7) is 0.235. The zero-order valence-electron chi connectivity index (χ0n) is 11.1. The van der Waals surface area contributed by atoms with E-state index in [1.54, 1.807) is 12.1 Å². The van der Waals surface area contributed by atoms with Crippen LogP contribution in [0.2, 0.25) is 5.02 Å². The molecule has 0 aliphatic rings. The maximum Gasteiger partial charge on any atom is 0.168 e. The van der Waals surface area contributed by atoms with E-state index < -0.39 is 6.04 Å². The molecular formula is C16H17ClN2O. The minimum atomic E-state index is -0.507. The van der Waals surface area contributed by atoms with Gasteiger partial charge in [-0.05, 0) is 36.2 Å². The van der Waals surface area contributed by atoms with E-state index in [4.69, 9.17) is 17.3 Å². The normalized spacial score (nSPS) is 11.9. The van der Waals surface area contributed by atoms with Crippen molar-refractivity contribution >= 4 is 23.1 Å². The molecule has 0 saturated heterocycles. The molecule has 104 valence electrons. The number of hydrogen-bond donors (Lipinski definition) is 2. The first-order valence-corrected chi connectivity index (χ1v) is 6.84. The monoisotopic (exact) mass is 288 g/mol. The Morgan fingerprint density at radius 3 is 2.40 bits per heavy atom. The number of ketones is 1. The highest BCUT2D eigenvalue weighted by Crippen LogP contribution is 2.11. The van der Waals surface area contributed by atoms with Crippen molar-refractivity contribution in [2.45, 2.75) is 12.5 Å². The molecule has 0 aliphatic heterocycles. The van der Waals surface area contributed by atoms with Crippen LogP contribution in [0.5, 0.6) is 0 Å². The molecule has 2 aromatic carbocycles. The fourth-order valence-corrected chi connectivity index (χ4v) is 1.99. The number of Topliss-reactive ketones (excluding diaryl/α,β-unsaturated/α-hetero) is 1. The van der Waals surface area contributed by atoms with Gasteiger partial charge in [-0.1, -0.05) is 41.9 Å². The van der Waals surface area contributed by atoms with Crippen molar-refractivity contribution < 1.29 is 4.79 Å². The Morgan fingerprint density at radius 1 is 1.10 bits per heavy atom. The van der Waals surface area contributed by atoms with Crippen LogP contribution in [0.1, 0.15) is 5.56 Å². The highest BCUT2D eigenvalue weighted by Gasteiger charge is 2.13. The van der Waals surface area contributed by atoms with Crippen LogP contribution in [0, 0.1) is 0 Å². The number of benzene rings is 2. The summed E-state index contributed by atoms with van der Waals surface area (Å²) in [5.74, 6) is -0.0104. The number of hydrogen-bond acceptors (Lipinski definition) is 3. The lowest BCUT2D eigenvalue weighted by Gasteiger charge is -2.12. The van der Waals surface area contributed by atoms with Gasteiger partial charge < -0.3 is 11.1 Å². The van der Waals surface area contributed by atoms with Crippen molar-refractivity contribution in [2.24, 2.45) is 5.73 Å². The minimum absolute atomic E-state index is 0.0104. The Hall–Kier alpha value is -1.84. The number of anilines is 1. The van der Waals surface area contributed by atoms with Crippen molar-refractivity contribution in [3.63, 3.8) is 0 Å². The standard InChI is InChI=1S/C16H17ClN2O/c17-13-8-6-12(7-9-13)10-15(18)16(20)11-19-14-4-2-1-3-5-14/h1-9,15,19H,10-11,18H2. The number of nitrogens with one attached hydrogen (secondary N) is 1. The minimum Gasteiger partial charge on any atom is -0.378 e.